The Bertz CT molecular complexity index is 215. The third-order valence-electron chi connectivity index (χ3n) is 4.91. The lowest BCUT2D eigenvalue weighted by atomic mass is 9.64. The second-order valence-corrected chi connectivity index (χ2v) is 6.67. The first kappa shape index (κ1) is 11.4. The quantitative estimate of drug-likeness (QED) is 0.701. The molecule has 0 aromatic carbocycles. The summed E-state index contributed by atoms with van der Waals surface area (Å²) in [7, 11) is 0. The maximum Gasteiger partial charge on any atom is 0.0545 e. The lowest BCUT2D eigenvalue weighted by molar-refractivity contribution is 0.0738. The average molecular weight is 210 g/mol. The van der Waals surface area contributed by atoms with E-state index in [0.717, 1.165) is 30.6 Å². The van der Waals surface area contributed by atoms with Crippen molar-refractivity contribution in [3.05, 3.63) is 0 Å². The summed E-state index contributed by atoms with van der Waals surface area (Å²) in [5.74, 6) is 2.66. The molecule has 0 heterocycles. The smallest absolute Gasteiger partial charge is 0.0545 e. The van der Waals surface area contributed by atoms with E-state index in [1.807, 2.05) is 0 Å². The highest BCUT2D eigenvalue weighted by atomic mass is 16.3. The zero-order chi connectivity index (χ0) is 11.1. The normalized spacial score (nSPS) is 52.0. The number of hydrogen-bond donors (Lipinski definition) is 1. The van der Waals surface area contributed by atoms with Gasteiger partial charge in [0.15, 0.2) is 0 Å². The van der Waals surface area contributed by atoms with E-state index in [9.17, 15) is 5.11 Å². The fourth-order valence-corrected chi connectivity index (χ4v) is 4.13. The van der Waals surface area contributed by atoms with Gasteiger partial charge in [-0.15, -0.1) is 0 Å². The Morgan fingerprint density at radius 1 is 1.07 bits per heavy atom. The Morgan fingerprint density at radius 3 is 2.13 bits per heavy atom. The molecule has 15 heavy (non-hydrogen) atoms. The Labute approximate surface area is 94.3 Å². The summed E-state index contributed by atoms with van der Waals surface area (Å²) in [5.41, 5.74) is 0.447. The van der Waals surface area contributed by atoms with Gasteiger partial charge in [0.2, 0.25) is 0 Å². The first-order chi connectivity index (χ1) is 6.99. The summed E-state index contributed by atoms with van der Waals surface area (Å²) in [4.78, 5) is 0. The molecular formula is C14H26O. The van der Waals surface area contributed by atoms with Gasteiger partial charge in [-0.25, -0.2) is 0 Å². The van der Waals surface area contributed by atoms with E-state index < -0.39 is 0 Å². The second-order valence-electron chi connectivity index (χ2n) is 6.67. The minimum Gasteiger partial charge on any atom is -0.393 e. The van der Waals surface area contributed by atoms with Crippen molar-refractivity contribution in [1.82, 2.24) is 0 Å². The van der Waals surface area contributed by atoms with Gasteiger partial charge in [0.25, 0.3) is 0 Å². The summed E-state index contributed by atoms with van der Waals surface area (Å²) >= 11 is 0. The van der Waals surface area contributed by atoms with Crippen LogP contribution in [0.25, 0.3) is 0 Å². The third-order valence-corrected chi connectivity index (χ3v) is 4.91. The SMILES string of the molecule is CC1CC(C)CC(C2(C)CCC(O)C2)C1. The van der Waals surface area contributed by atoms with Gasteiger partial charge in [-0.3, -0.25) is 0 Å². The third kappa shape index (κ3) is 2.38. The van der Waals surface area contributed by atoms with Gasteiger partial charge < -0.3 is 5.11 Å². The van der Waals surface area contributed by atoms with Crippen LogP contribution in [0.5, 0.6) is 0 Å². The predicted octanol–water partition coefficient (Wildman–Crippen LogP) is 3.61. The van der Waals surface area contributed by atoms with Crippen LogP contribution in [0.3, 0.4) is 0 Å². The Kier molecular flexibility index (Phi) is 3.12. The highest BCUT2D eigenvalue weighted by molar-refractivity contribution is 4.93. The zero-order valence-electron chi connectivity index (χ0n) is 10.5. The van der Waals surface area contributed by atoms with Gasteiger partial charge in [-0.2, -0.15) is 0 Å². The van der Waals surface area contributed by atoms with E-state index in [-0.39, 0.29) is 6.10 Å². The number of aliphatic hydroxyl groups is 1. The largest absolute Gasteiger partial charge is 0.393 e. The van der Waals surface area contributed by atoms with Crippen LogP contribution in [0.2, 0.25) is 0 Å². The van der Waals surface area contributed by atoms with Gasteiger partial charge >= 0.3 is 0 Å². The van der Waals surface area contributed by atoms with Gasteiger partial charge in [0.05, 0.1) is 6.10 Å². The van der Waals surface area contributed by atoms with E-state index in [1.165, 1.54) is 25.7 Å². The number of hydrogen-bond acceptors (Lipinski definition) is 1. The van der Waals surface area contributed by atoms with Crippen LogP contribution in [0.15, 0.2) is 0 Å². The highest BCUT2D eigenvalue weighted by Gasteiger charge is 2.42. The molecule has 2 saturated carbocycles. The van der Waals surface area contributed by atoms with Crippen molar-refractivity contribution in [3.63, 3.8) is 0 Å². The summed E-state index contributed by atoms with van der Waals surface area (Å²) in [6.07, 6.45) is 7.53. The molecule has 0 spiro atoms. The van der Waals surface area contributed by atoms with E-state index in [4.69, 9.17) is 0 Å². The summed E-state index contributed by atoms with van der Waals surface area (Å²) < 4.78 is 0. The van der Waals surface area contributed by atoms with Crippen LogP contribution in [0.4, 0.5) is 0 Å². The topological polar surface area (TPSA) is 20.2 Å². The summed E-state index contributed by atoms with van der Waals surface area (Å²) in [6, 6.07) is 0. The summed E-state index contributed by atoms with van der Waals surface area (Å²) in [6.45, 7) is 7.22. The molecule has 4 atom stereocenters. The van der Waals surface area contributed by atoms with E-state index in [1.54, 1.807) is 0 Å². The molecule has 0 aliphatic heterocycles. The van der Waals surface area contributed by atoms with E-state index >= 15 is 0 Å². The Hall–Kier alpha value is -0.0400. The molecule has 1 N–H and O–H groups in total. The lowest BCUT2D eigenvalue weighted by Crippen LogP contribution is -2.32. The van der Waals surface area contributed by atoms with Crippen molar-refractivity contribution in [3.8, 4) is 0 Å². The standard InChI is InChI=1S/C14H26O/c1-10-6-11(2)8-12(7-10)14(3)5-4-13(15)9-14/h10-13,15H,4-9H2,1-3H3. The number of rotatable bonds is 1. The zero-order valence-corrected chi connectivity index (χ0v) is 10.5. The first-order valence-electron chi connectivity index (χ1n) is 6.67. The molecule has 2 aliphatic carbocycles. The average Bonchev–Trinajstić information content (AvgIpc) is 2.46. The maximum atomic E-state index is 9.73. The molecule has 0 saturated heterocycles. The van der Waals surface area contributed by atoms with Crippen molar-refractivity contribution in [2.45, 2.75) is 65.4 Å². The van der Waals surface area contributed by atoms with Crippen molar-refractivity contribution in [1.29, 1.82) is 0 Å². The molecule has 0 aromatic heterocycles. The Balaban J connectivity index is 2.03. The fraction of sp³-hybridized carbons (Fsp3) is 1.00. The molecule has 88 valence electrons. The monoisotopic (exact) mass is 210 g/mol. The van der Waals surface area contributed by atoms with Crippen molar-refractivity contribution < 1.29 is 5.11 Å². The molecule has 0 aromatic rings. The second kappa shape index (κ2) is 4.08. The first-order valence-corrected chi connectivity index (χ1v) is 6.67. The van der Waals surface area contributed by atoms with Gasteiger partial charge in [0.1, 0.15) is 0 Å². The highest BCUT2D eigenvalue weighted by Crippen LogP contribution is 2.51. The molecule has 0 amide bonds. The fourth-order valence-electron chi connectivity index (χ4n) is 4.13. The van der Waals surface area contributed by atoms with Crippen LogP contribution in [0.1, 0.15) is 59.3 Å². The van der Waals surface area contributed by atoms with Crippen LogP contribution in [-0.4, -0.2) is 11.2 Å². The molecule has 2 rings (SSSR count). The van der Waals surface area contributed by atoms with Crippen molar-refractivity contribution in [2.24, 2.45) is 23.2 Å². The molecule has 4 unspecified atom stereocenters. The molecule has 0 bridgehead atoms. The predicted molar refractivity (Wildman–Crippen MR) is 63.6 cm³/mol. The summed E-state index contributed by atoms with van der Waals surface area (Å²) in [5, 5.41) is 9.73. The molecule has 1 heteroatoms. The molecule has 2 aliphatic rings. The van der Waals surface area contributed by atoms with Gasteiger partial charge in [0, 0.05) is 0 Å². The van der Waals surface area contributed by atoms with Crippen LogP contribution in [0, 0.1) is 23.2 Å². The Morgan fingerprint density at radius 2 is 1.67 bits per heavy atom. The molecular weight excluding hydrogens is 184 g/mol. The number of aliphatic hydroxyl groups excluding tert-OH is 1. The van der Waals surface area contributed by atoms with Gasteiger partial charge in [-0.1, -0.05) is 20.8 Å². The minimum atomic E-state index is -0.0115. The lowest BCUT2D eigenvalue weighted by Gasteiger charge is -2.41. The van der Waals surface area contributed by atoms with E-state index in [0.29, 0.717) is 5.41 Å². The van der Waals surface area contributed by atoms with Crippen LogP contribution in [-0.2, 0) is 0 Å². The molecule has 0 radical (unpaired) electrons. The van der Waals surface area contributed by atoms with Crippen molar-refractivity contribution >= 4 is 0 Å². The minimum absolute atomic E-state index is 0.0115. The van der Waals surface area contributed by atoms with Crippen LogP contribution < -0.4 is 0 Å². The van der Waals surface area contributed by atoms with Crippen LogP contribution >= 0.6 is 0 Å². The van der Waals surface area contributed by atoms with Gasteiger partial charge in [-0.05, 0) is 61.7 Å². The maximum absolute atomic E-state index is 9.73. The van der Waals surface area contributed by atoms with Crippen molar-refractivity contribution in [2.75, 3.05) is 0 Å². The molecule has 2 fully saturated rings. The molecule has 1 nitrogen and oxygen atoms in total. The van der Waals surface area contributed by atoms with E-state index in [2.05, 4.69) is 20.8 Å².